The quantitative estimate of drug-likeness (QED) is 0.651. The largest absolute Gasteiger partial charge is 0.339 e. The van der Waals surface area contributed by atoms with Crippen molar-refractivity contribution < 1.29 is 9.59 Å². The molecule has 2 aliphatic rings. The van der Waals surface area contributed by atoms with E-state index in [-0.39, 0.29) is 17.7 Å². The van der Waals surface area contributed by atoms with Crippen LogP contribution in [0.2, 0.25) is 0 Å². The first-order chi connectivity index (χ1) is 14.6. The summed E-state index contributed by atoms with van der Waals surface area (Å²) in [5, 5.41) is 6.58. The van der Waals surface area contributed by atoms with E-state index in [0.717, 1.165) is 17.7 Å². The maximum Gasteiger partial charge on any atom is 0.272 e. The topological polar surface area (TPSA) is 58.4 Å². The Balaban J connectivity index is 1.20. The number of benzene rings is 1. The minimum absolute atomic E-state index is 0.0258. The lowest BCUT2D eigenvalue weighted by Gasteiger charge is -2.35. The highest BCUT2D eigenvalue weighted by Gasteiger charge is 2.46. The zero-order chi connectivity index (χ0) is 20.7. The number of aryl methyl sites for hydroxylation is 1. The highest BCUT2D eigenvalue weighted by atomic mass is 32.1. The molecule has 0 radical (unpaired) electrons. The molecule has 1 aliphatic carbocycles. The summed E-state index contributed by atoms with van der Waals surface area (Å²) >= 11 is 1.73. The van der Waals surface area contributed by atoms with Crippen LogP contribution in [-0.2, 0) is 11.8 Å². The third kappa shape index (κ3) is 3.54. The van der Waals surface area contributed by atoms with Crippen molar-refractivity contribution in [3.63, 3.8) is 0 Å². The molecule has 1 aromatic carbocycles. The van der Waals surface area contributed by atoms with E-state index in [2.05, 4.69) is 16.5 Å². The lowest BCUT2D eigenvalue weighted by molar-refractivity contribution is -0.134. The number of thiophene rings is 1. The third-order valence-corrected chi connectivity index (χ3v) is 7.07. The number of carbonyl (C=O) groups is 2. The normalized spacial score (nSPS) is 21.0. The van der Waals surface area contributed by atoms with Crippen molar-refractivity contribution in [2.45, 2.75) is 12.3 Å². The lowest BCUT2D eigenvalue weighted by atomic mass is 10.1. The molecule has 7 heteroatoms. The molecule has 1 saturated carbocycles. The van der Waals surface area contributed by atoms with Crippen LogP contribution in [0.15, 0.2) is 53.9 Å². The first-order valence-electron chi connectivity index (χ1n) is 10.3. The number of carbonyl (C=O) groups excluding carboxylic acids is 2. The van der Waals surface area contributed by atoms with Crippen molar-refractivity contribution in [1.82, 2.24) is 19.6 Å². The van der Waals surface area contributed by atoms with Crippen LogP contribution in [0.25, 0.3) is 11.3 Å². The van der Waals surface area contributed by atoms with Crippen LogP contribution in [0.5, 0.6) is 0 Å². The number of amides is 2. The molecule has 0 unspecified atom stereocenters. The fourth-order valence-corrected chi connectivity index (χ4v) is 5.14. The molecule has 0 N–H and O–H groups in total. The molecule has 1 aliphatic heterocycles. The van der Waals surface area contributed by atoms with Crippen molar-refractivity contribution in [3.05, 3.63) is 64.5 Å². The van der Waals surface area contributed by atoms with Crippen LogP contribution in [0.3, 0.4) is 0 Å². The smallest absolute Gasteiger partial charge is 0.272 e. The van der Waals surface area contributed by atoms with Gasteiger partial charge in [0.1, 0.15) is 5.69 Å². The highest BCUT2D eigenvalue weighted by Crippen LogP contribution is 2.50. The molecular weight excluding hydrogens is 396 g/mol. The standard InChI is InChI=1S/C23H24N4O2S/c1-25-20(15-19(24-25)16-6-3-2-4-7-16)23(29)27-11-9-26(10-12-27)22(28)18-14-17(18)21-8-5-13-30-21/h2-8,13,15,17-18H,9-12,14H2,1H3/t17-,18-/m1/s1. The zero-order valence-electron chi connectivity index (χ0n) is 16.9. The molecule has 1 saturated heterocycles. The van der Waals surface area contributed by atoms with Crippen molar-refractivity contribution in [2.24, 2.45) is 13.0 Å². The predicted molar refractivity (Wildman–Crippen MR) is 116 cm³/mol. The van der Waals surface area contributed by atoms with E-state index >= 15 is 0 Å². The Bertz CT molecular complexity index is 1050. The fraction of sp³-hybridized carbons (Fsp3) is 0.348. The van der Waals surface area contributed by atoms with Gasteiger partial charge in [0, 0.05) is 55.5 Å². The van der Waals surface area contributed by atoms with Gasteiger partial charge >= 0.3 is 0 Å². The van der Waals surface area contributed by atoms with Crippen molar-refractivity contribution in [3.8, 4) is 11.3 Å². The molecule has 2 atom stereocenters. The molecule has 30 heavy (non-hydrogen) atoms. The van der Waals surface area contributed by atoms with E-state index < -0.39 is 0 Å². The number of piperazine rings is 1. The minimum Gasteiger partial charge on any atom is -0.339 e. The van der Waals surface area contributed by atoms with Gasteiger partial charge in [0.25, 0.3) is 5.91 Å². The maximum atomic E-state index is 13.1. The SMILES string of the molecule is Cn1nc(-c2ccccc2)cc1C(=O)N1CCN(C(=O)[C@@H]2C[C@H]2c2cccs2)CC1. The third-order valence-electron chi connectivity index (χ3n) is 6.06. The molecule has 6 nitrogen and oxygen atoms in total. The predicted octanol–water partition coefficient (Wildman–Crippen LogP) is 3.24. The molecule has 2 amide bonds. The number of hydrogen-bond donors (Lipinski definition) is 0. The second-order valence-electron chi connectivity index (χ2n) is 7.99. The van der Waals surface area contributed by atoms with Crippen LogP contribution in [0, 0.1) is 5.92 Å². The first-order valence-corrected chi connectivity index (χ1v) is 11.2. The first kappa shape index (κ1) is 19.1. The maximum absolute atomic E-state index is 13.1. The summed E-state index contributed by atoms with van der Waals surface area (Å²) in [6.45, 7) is 2.32. The van der Waals surface area contributed by atoms with Crippen LogP contribution in [0.1, 0.15) is 27.7 Å². The molecule has 3 aromatic rings. The van der Waals surface area contributed by atoms with Gasteiger partial charge in [-0.15, -0.1) is 11.3 Å². The number of nitrogens with zero attached hydrogens (tertiary/aromatic N) is 4. The fourth-order valence-electron chi connectivity index (χ4n) is 4.23. The summed E-state index contributed by atoms with van der Waals surface area (Å²) in [5.74, 6) is 0.731. The van der Waals surface area contributed by atoms with E-state index in [4.69, 9.17) is 0 Å². The Morgan fingerprint density at radius 1 is 1.00 bits per heavy atom. The molecule has 0 bridgehead atoms. The number of hydrogen-bond acceptors (Lipinski definition) is 4. The van der Waals surface area contributed by atoms with Gasteiger partial charge in [-0.05, 0) is 23.9 Å². The summed E-state index contributed by atoms with van der Waals surface area (Å²) in [7, 11) is 1.80. The van der Waals surface area contributed by atoms with Gasteiger partial charge in [-0.25, -0.2) is 0 Å². The summed E-state index contributed by atoms with van der Waals surface area (Å²) in [6, 6.07) is 15.9. The van der Waals surface area contributed by atoms with E-state index in [9.17, 15) is 9.59 Å². The van der Waals surface area contributed by atoms with Crippen molar-refractivity contribution in [2.75, 3.05) is 26.2 Å². The van der Waals surface area contributed by atoms with Crippen LogP contribution < -0.4 is 0 Å². The van der Waals surface area contributed by atoms with Gasteiger partial charge in [-0.1, -0.05) is 36.4 Å². The van der Waals surface area contributed by atoms with Gasteiger partial charge in [0.05, 0.1) is 5.69 Å². The van der Waals surface area contributed by atoms with Crippen LogP contribution >= 0.6 is 11.3 Å². The second kappa shape index (κ2) is 7.72. The Kier molecular flexibility index (Phi) is 4.90. The van der Waals surface area contributed by atoms with Gasteiger partial charge in [0.2, 0.25) is 5.91 Å². The molecule has 5 rings (SSSR count). The van der Waals surface area contributed by atoms with E-state index in [0.29, 0.717) is 37.8 Å². The summed E-state index contributed by atoms with van der Waals surface area (Å²) in [5.41, 5.74) is 2.37. The molecule has 2 fully saturated rings. The Labute approximate surface area is 179 Å². The zero-order valence-corrected chi connectivity index (χ0v) is 17.7. The number of aromatic nitrogens is 2. The molecular formula is C23H24N4O2S. The van der Waals surface area contributed by atoms with Gasteiger partial charge < -0.3 is 9.80 Å². The molecule has 2 aromatic heterocycles. The molecule has 154 valence electrons. The lowest BCUT2D eigenvalue weighted by Crippen LogP contribution is -2.51. The summed E-state index contributed by atoms with van der Waals surface area (Å²) < 4.78 is 1.65. The van der Waals surface area contributed by atoms with E-state index in [1.807, 2.05) is 52.3 Å². The van der Waals surface area contributed by atoms with Gasteiger partial charge in [-0.2, -0.15) is 5.10 Å². The summed E-state index contributed by atoms with van der Waals surface area (Å²) in [4.78, 5) is 31.0. The van der Waals surface area contributed by atoms with E-state index in [1.165, 1.54) is 4.88 Å². The molecule has 0 spiro atoms. The highest BCUT2D eigenvalue weighted by molar-refractivity contribution is 7.10. The van der Waals surface area contributed by atoms with Crippen molar-refractivity contribution >= 4 is 23.2 Å². The Morgan fingerprint density at radius 3 is 2.43 bits per heavy atom. The van der Waals surface area contributed by atoms with Crippen molar-refractivity contribution in [1.29, 1.82) is 0 Å². The monoisotopic (exact) mass is 420 g/mol. The minimum atomic E-state index is -0.0258. The second-order valence-corrected chi connectivity index (χ2v) is 8.97. The van der Waals surface area contributed by atoms with Gasteiger partial charge in [-0.3, -0.25) is 14.3 Å². The Morgan fingerprint density at radius 2 is 1.73 bits per heavy atom. The van der Waals surface area contributed by atoms with Crippen LogP contribution in [0.4, 0.5) is 0 Å². The number of rotatable bonds is 4. The average Bonchev–Trinajstić information content (AvgIpc) is 3.19. The van der Waals surface area contributed by atoms with Gasteiger partial charge in [0.15, 0.2) is 0 Å². The van der Waals surface area contributed by atoms with E-state index in [1.54, 1.807) is 23.1 Å². The average molecular weight is 421 g/mol. The molecule has 3 heterocycles. The van der Waals surface area contributed by atoms with Crippen LogP contribution in [-0.4, -0.2) is 57.6 Å². The Hall–Kier alpha value is -2.93. The summed E-state index contributed by atoms with van der Waals surface area (Å²) in [6.07, 6.45) is 0.954.